The van der Waals surface area contributed by atoms with Gasteiger partial charge in [0, 0.05) is 51.5 Å². The Morgan fingerprint density at radius 2 is 1.76 bits per heavy atom. The minimum absolute atomic E-state index is 0.151. The minimum Gasteiger partial charge on any atom is -0.394 e. The van der Waals surface area contributed by atoms with Crippen LogP contribution in [0.3, 0.4) is 0 Å². The highest BCUT2D eigenvalue weighted by atomic mass is 16.3. The molecule has 12 heteroatoms. The Balaban J connectivity index is 1.32. The van der Waals surface area contributed by atoms with Gasteiger partial charge in [0.25, 0.3) is 0 Å². The molecular formula is C26H38N8O4. The monoisotopic (exact) mass is 526 g/mol. The van der Waals surface area contributed by atoms with E-state index in [1.165, 1.54) is 16.4 Å². The molecule has 2 fully saturated rings. The molecule has 38 heavy (non-hydrogen) atoms. The summed E-state index contributed by atoms with van der Waals surface area (Å²) in [5, 5.41) is 12.0. The molecule has 0 radical (unpaired) electrons. The van der Waals surface area contributed by atoms with Gasteiger partial charge >= 0.3 is 11.7 Å². The number of nitrogens with zero attached hydrogens (tertiary/aromatic N) is 5. The molecule has 1 aromatic heterocycles. The molecule has 2 aromatic rings. The summed E-state index contributed by atoms with van der Waals surface area (Å²) in [5.41, 5.74) is 12.0. The second-order valence-corrected chi connectivity index (χ2v) is 10.6. The Morgan fingerprint density at radius 3 is 2.37 bits per heavy atom. The van der Waals surface area contributed by atoms with Crippen LogP contribution in [0.2, 0.25) is 0 Å². The normalized spacial score (nSPS) is 22.1. The average Bonchev–Trinajstić information content (AvgIpc) is 2.91. The van der Waals surface area contributed by atoms with E-state index in [9.17, 15) is 19.5 Å². The smallest absolute Gasteiger partial charge is 0.354 e. The molecule has 1 aromatic carbocycles. The molecule has 3 atom stereocenters. The van der Waals surface area contributed by atoms with Gasteiger partial charge in [0.05, 0.1) is 12.3 Å². The highest BCUT2D eigenvalue weighted by Crippen LogP contribution is 2.18. The fourth-order valence-electron chi connectivity index (χ4n) is 4.81. The van der Waals surface area contributed by atoms with Crippen LogP contribution >= 0.6 is 0 Å². The van der Waals surface area contributed by atoms with Crippen LogP contribution in [0.5, 0.6) is 0 Å². The molecule has 0 saturated carbocycles. The van der Waals surface area contributed by atoms with Crippen LogP contribution in [-0.2, 0) is 11.3 Å². The molecule has 0 spiro atoms. The van der Waals surface area contributed by atoms with E-state index in [-0.39, 0.29) is 17.8 Å². The number of hydrogen-bond donors (Lipinski definition) is 4. The number of carbonyl (C=O) groups excluding carboxylic acids is 2. The Kier molecular flexibility index (Phi) is 8.46. The predicted octanol–water partition coefficient (Wildman–Crippen LogP) is -0.213. The molecule has 4 rings (SSSR count). The molecule has 0 unspecified atom stereocenters. The number of likely N-dealkylation sites (tertiary alicyclic amines) is 1. The topological polar surface area (TPSA) is 163 Å². The first-order valence-electron chi connectivity index (χ1n) is 13.0. The van der Waals surface area contributed by atoms with Crippen molar-refractivity contribution in [2.24, 2.45) is 17.4 Å². The summed E-state index contributed by atoms with van der Waals surface area (Å²) in [6, 6.07) is 9.23. The number of anilines is 1. The van der Waals surface area contributed by atoms with E-state index in [4.69, 9.17) is 11.5 Å². The van der Waals surface area contributed by atoms with E-state index in [1.54, 1.807) is 17.2 Å². The van der Waals surface area contributed by atoms with Crippen molar-refractivity contribution in [3.8, 4) is 5.69 Å². The van der Waals surface area contributed by atoms with Crippen LogP contribution in [0.25, 0.3) is 5.69 Å². The summed E-state index contributed by atoms with van der Waals surface area (Å²) < 4.78 is 1.43. The molecule has 206 valence electrons. The lowest BCUT2D eigenvalue weighted by atomic mass is 9.94. The van der Waals surface area contributed by atoms with Gasteiger partial charge in [-0.3, -0.25) is 19.6 Å². The number of piperidine rings is 1. The number of carbonyl (C=O) groups is 2. The summed E-state index contributed by atoms with van der Waals surface area (Å²) in [4.78, 5) is 47.3. The zero-order chi connectivity index (χ0) is 27.4. The second kappa shape index (κ2) is 11.6. The van der Waals surface area contributed by atoms with Gasteiger partial charge in [0.15, 0.2) is 0 Å². The minimum atomic E-state index is -1.35. The quantitative estimate of drug-likeness (QED) is 0.402. The van der Waals surface area contributed by atoms with Gasteiger partial charge in [-0.1, -0.05) is 19.1 Å². The number of nitrogens with one attached hydrogen (secondary N) is 1. The molecule has 12 nitrogen and oxygen atoms in total. The zero-order valence-electron chi connectivity index (χ0n) is 22.0. The number of rotatable bonds is 6. The molecule has 2 aliphatic rings. The van der Waals surface area contributed by atoms with Crippen molar-refractivity contribution in [1.82, 2.24) is 24.3 Å². The summed E-state index contributed by atoms with van der Waals surface area (Å²) >= 11 is 0. The number of hydrogen-bond acceptors (Lipinski definition) is 8. The van der Waals surface area contributed by atoms with E-state index in [2.05, 4.69) is 22.1 Å². The first-order valence-corrected chi connectivity index (χ1v) is 13.0. The number of urea groups is 1. The molecule has 0 bridgehead atoms. The first-order chi connectivity index (χ1) is 18.1. The van der Waals surface area contributed by atoms with Crippen molar-refractivity contribution < 1.29 is 14.7 Å². The molecule has 2 saturated heterocycles. The van der Waals surface area contributed by atoms with Crippen LogP contribution in [0.15, 0.2) is 41.3 Å². The van der Waals surface area contributed by atoms with Crippen molar-refractivity contribution in [3.63, 3.8) is 0 Å². The standard InChI is InChI=1S/C26H38N8O4/c1-18-15-31(9-7-21(18)27)16-19-3-5-20(6-4-19)34-10-8-22(30-25(34)38)29-24(37)33-13-11-32(12-14-33)23(36)26(2,28)17-35/h3-6,8,10,18,21,35H,7,9,11-17,27-28H2,1-2H3,(H,29,30,37,38)/t18-,21-,26+/m1/s1. The number of aliphatic hydroxyl groups excluding tert-OH is 1. The van der Waals surface area contributed by atoms with Gasteiger partial charge in [0.1, 0.15) is 11.4 Å². The Morgan fingerprint density at radius 1 is 1.11 bits per heavy atom. The SMILES string of the molecule is C[C@@H]1CN(Cc2ccc(-n3ccc(NC(=O)N4CCN(C(=O)[C@@](C)(N)CO)CC4)nc3=O)cc2)CC[C@H]1N. The molecular weight excluding hydrogens is 488 g/mol. The summed E-state index contributed by atoms with van der Waals surface area (Å²) in [5.74, 6) is 0.266. The van der Waals surface area contributed by atoms with E-state index >= 15 is 0 Å². The van der Waals surface area contributed by atoms with E-state index in [0.29, 0.717) is 37.8 Å². The number of aromatic nitrogens is 2. The zero-order valence-corrected chi connectivity index (χ0v) is 22.0. The molecule has 0 aliphatic carbocycles. The first kappa shape index (κ1) is 27.7. The van der Waals surface area contributed by atoms with E-state index in [0.717, 1.165) is 31.6 Å². The highest BCUT2D eigenvalue weighted by molar-refractivity contribution is 5.89. The van der Waals surface area contributed by atoms with Gasteiger partial charge in [0.2, 0.25) is 5.91 Å². The van der Waals surface area contributed by atoms with Crippen molar-refractivity contribution in [2.75, 3.05) is 51.2 Å². The summed E-state index contributed by atoms with van der Waals surface area (Å²) in [7, 11) is 0. The molecule has 2 aliphatic heterocycles. The molecule has 3 heterocycles. The largest absolute Gasteiger partial charge is 0.394 e. The van der Waals surface area contributed by atoms with Crippen molar-refractivity contribution in [1.29, 1.82) is 0 Å². The average molecular weight is 527 g/mol. The lowest BCUT2D eigenvalue weighted by Crippen LogP contribution is -2.60. The number of aliphatic hydroxyl groups is 1. The van der Waals surface area contributed by atoms with Crippen molar-refractivity contribution in [2.45, 2.75) is 38.4 Å². The third kappa shape index (κ3) is 6.38. The van der Waals surface area contributed by atoms with Crippen molar-refractivity contribution in [3.05, 3.63) is 52.6 Å². The number of piperazine rings is 1. The lowest BCUT2D eigenvalue weighted by Gasteiger charge is -2.37. The molecule has 6 N–H and O–H groups in total. The second-order valence-electron chi connectivity index (χ2n) is 10.6. The lowest BCUT2D eigenvalue weighted by molar-refractivity contribution is -0.139. The summed E-state index contributed by atoms with van der Waals surface area (Å²) in [6.07, 6.45) is 2.58. The van der Waals surface area contributed by atoms with Gasteiger partial charge in [-0.05, 0) is 49.6 Å². The maximum atomic E-state index is 12.7. The Labute approximate surface area is 222 Å². The maximum absolute atomic E-state index is 12.7. The Hall–Kier alpha value is -3.32. The fourth-order valence-corrected chi connectivity index (χ4v) is 4.81. The fraction of sp³-hybridized carbons (Fsp3) is 0.538. The third-order valence-electron chi connectivity index (χ3n) is 7.39. The van der Waals surface area contributed by atoms with E-state index < -0.39 is 23.9 Å². The highest BCUT2D eigenvalue weighted by Gasteiger charge is 2.34. The maximum Gasteiger partial charge on any atom is 0.354 e. The van der Waals surface area contributed by atoms with Crippen LogP contribution in [-0.4, -0.2) is 98.8 Å². The van der Waals surface area contributed by atoms with Crippen LogP contribution in [0.4, 0.5) is 10.6 Å². The van der Waals surface area contributed by atoms with Gasteiger partial charge in [-0.25, -0.2) is 9.59 Å². The van der Waals surface area contributed by atoms with E-state index in [1.807, 2.05) is 24.3 Å². The van der Waals surface area contributed by atoms with Crippen molar-refractivity contribution >= 4 is 17.8 Å². The van der Waals surface area contributed by atoms with Crippen LogP contribution in [0, 0.1) is 5.92 Å². The third-order valence-corrected chi connectivity index (χ3v) is 7.39. The summed E-state index contributed by atoms with van der Waals surface area (Å²) in [6.45, 7) is 7.19. The Bertz CT molecular complexity index is 1190. The number of benzene rings is 1. The number of nitrogens with two attached hydrogens (primary N) is 2. The van der Waals surface area contributed by atoms with Gasteiger partial charge < -0.3 is 26.4 Å². The van der Waals surface area contributed by atoms with Crippen LogP contribution in [0.1, 0.15) is 25.8 Å². The predicted molar refractivity (Wildman–Crippen MR) is 144 cm³/mol. The molecule has 3 amide bonds. The van der Waals surface area contributed by atoms with Gasteiger partial charge in [-0.15, -0.1) is 0 Å². The number of amides is 3. The van der Waals surface area contributed by atoms with Gasteiger partial charge in [-0.2, -0.15) is 4.98 Å². The van der Waals surface area contributed by atoms with Crippen LogP contribution < -0.4 is 22.5 Å².